The Bertz CT molecular complexity index is 1370. The number of ether oxygens (including phenoxy) is 1. The molecule has 5 rings (SSSR count). The summed E-state index contributed by atoms with van der Waals surface area (Å²) in [4.78, 5) is 42.4. The molecule has 0 saturated heterocycles. The van der Waals surface area contributed by atoms with Crippen molar-refractivity contribution in [3.05, 3.63) is 78.6 Å². The summed E-state index contributed by atoms with van der Waals surface area (Å²) in [5, 5.41) is 3.19. The van der Waals surface area contributed by atoms with Crippen molar-refractivity contribution in [1.29, 1.82) is 0 Å². The van der Waals surface area contributed by atoms with Gasteiger partial charge in [0.15, 0.2) is 5.78 Å². The van der Waals surface area contributed by atoms with Crippen molar-refractivity contribution in [2.24, 2.45) is 5.73 Å². The molecule has 0 aromatic heterocycles. The number of benzene rings is 2. The summed E-state index contributed by atoms with van der Waals surface area (Å²) in [5.74, 6) is -1.54. The number of nitrogens with one attached hydrogen (secondary N) is 1. The molecule has 2 aliphatic heterocycles. The minimum Gasteiger partial charge on any atom is -0.466 e. The average Bonchev–Trinajstić information content (AvgIpc) is 3.06. The fourth-order valence-electron chi connectivity index (χ4n) is 5.12. The second kappa shape index (κ2) is 8.25. The Kier molecular flexibility index (Phi) is 5.61. The smallest absolute Gasteiger partial charge is 0.339 e. The number of nitrogens with two attached hydrogens (primary N) is 1. The maximum atomic E-state index is 13.8. The van der Waals surface area contributed by atoms with Crippen LogP contribution < -0.4 is 16.0 Å². The molecule has 1 spiro atoms. The highest BCUT2D eigenvalue weighted by Gasteiger charge is 2.62. The van der Waals surface area contributed by atoms with Crippen LogP contribution in [0.25, 0.3) is 0 Å². The van der Waals surface area contributed by atoms with E-state index in [1.165, 1.54) is 7.11 Å². The van der Waals surface area contributed by atoms with E-state index in [-0.39, 0.29) is 29.2 Å². The van der Waals surface area contributed by atoms with Crippen LogP contribution >= 0.6 is 43.5 Å². The predicted molar refractivity (Wildman–Crippen MR) is 135 cm³/mol. The van der Waals surface area contributed by atoms with Crippen molar-refractivity contribution in [2.45, 2.75) is 24.7 Å². The van der Waals surface area contributed by atoms with E-state index in [2.05, 4.69) is 37.2 Å². The lowest BCUT2D eigenvalue weighted by molar-refractivity contribution is -0.138. The molecule has 7 nitrogen and oxygen atoms in total. The van der Waals surface area contributed by atoms with Crippen LogP contribution in [0.2, 0.25) is 5.02 Å². The first-order valence-electron chi connectivity index (χ1n) is 10.4. The zero-order valence-corrected chi connectivity index (χ0v) is 21.8. The Labute approximate surface area is 217 Å². The Morgan fingerprint density at radius 3 is 2.65 bits per heavy atom. The standard InChI is InChI=1S/C24H18Br2ClN3O4/c1-34-22(32)20-21(28)30(16-8-5-11(25)9-14(16)26)17-3-2-4-18(31)19(17)24(20)13-10-12(27)6-7-15(13)29-23(24)33/h5-10H,2-4,28H2,1H3,(H,29,33). The van der Waals surface area contributed by atoms with E-state index in [4.69, 9.17) is 22.1 Å². The molecule has 1 aliphatic carbocycles. The number of rotatable bonds is 2. The van der Waals surface area contributed by atoms with Crippen LogP contribution in [0.1, 0.15) is 24.8 Å². The van der Waals surface area contributed by atoms with Gasteiger partial charge in [0.1, 0.15) is 16.8 Å². The number of Topliss-reactive ketones (excluding diaryl/α,β-unsaturated/α-hetero) is 1. The van der Waals surface area contributed by atoms with Crippen molar-refractivity contribution in [3.63, 3.8) is 0 Å². The molecular weight excluding hydrogens is 590 g/mol. The molecule has 174 valence electrons. The number of carbonyl (C=O) groups is 3. The number of hydrogen-bond acceptors (Lipinski definition) is 6. The first-order chi connectivity index (χ1) is 16.2. The first kappa shape index (κ1) is 23.1. The van der Waals surface area contributed by atoms with Crippen molar-refractivity contribution in [3.8, 4) is 0 Å². The minimum absolute atomic E-state index is 0.0197. The van der Waals surface area contributed by atoms with Crippen molar-refractivity contribution in [2.75, 3.05) is 17.3 Å². The molecule has 3 N–H and O–H groups in total. The van der Waals surface area contributed by atoms with Gasteiger partial charge in [-0.25, -0.2) is 4.79 Å². The van der Waals surface area contributed by atoms with Gasteiger partial charge in [0, 0.05) is 42.9 Å². The fraction of sp³-hybridized carbons (Fsp3) is 0.208. The van der Waals surface area contributed by atoms with Gasteiger partial charge in [-0.2, -0.15) is 0 Å². The van der Waals surface area contributed by atoms with Crippen LogP contribution in [-0.4, -0.2) is 24.8 Å². The summed E-state index contributed by atoms with van der Waals surface area (Å²) in [6.45, 7) is 0. The number of amides is 1. The minimum atomic E-state index is -1.76. The SMILES string of the molecule is COC(=O)C1=C(N)N(c2ccc(Br)cc2Br)C2=C(C(=O)CCC2)C12C(=O)Nc1ccc(Cl)cc12. The van der Waals surface area contributed by atoms with Crippen LogP contribution in [-0.2, 0) is 24.5 Å². The molecule has 1 atom stereocenters. The first-order valence-corrected chi connectivity index (χ1v) is 12.4. The molecule has 0 radical (unpaired) electrons. The van der Waals surface area contributed by atoms with E-state index in [0.29, 0.717) is 45.0 Å². The van der Waals surface area contributed by atoms with Gasteiger partial charge in [0.05, 0.1) is 12.8 Å². The summed E-state index contributed by atoms with van der Waals surface area (Å²) in [5.41, 5.74) is 7.14. The molecule has 0 saturated carbocycles. The summed E-state index contributed by atoms with van der Waals surface area (Å²) < 4.78 is 6.64. The molecule has 0 fully saturated rings. The monoisotopic (exact) mass is 605 g/mol. The molecule has 2 heterocycles. The quantitative estimate of drug-likeness (QED) is 0.470. The van der Waals surface area contributed by atoms with Crippen LogP contribution in [0.15, 0.2) is 68.0 Å². The van der Waals surface area contributed by atoms with Crippen LogP contribution in [0.5, 0.6) is 0 Å². The second-order valence-electron chi connectivity index (χ2n) is 8.18. The largest absolute Gasteiger partial charge is 0.466 e. The van der Waals surface area contributed by atoms with E-state index in [1.807, 2.05) is 18.2 Å². The Morgan fingerprint density at radius 1 is 1.18 bits per heavy atom. The molecule has 0 bridgehead atoms. The number of fused-ring (bicyclic) bond motifs is 3. The Hall–Kier alpha value is -2.62. The maximum Gasteiger partial charge on any atom is 0.339 e. The fourth-order valence-corrected chi connectivity index (χ4v) is 6.52. The molecule has 2 aromatic rings. The van der Waals surface area contributed by atoms with Gasteiger partial charge in [-0.15, -0.1) is 0 Å². The second-order valence-corrected chi connectivity index (χ2v) is 10.4. The topological polar surface area (TPSA) is 102 Å². The van der Waals surface area contributed by atoms with E-state index in [0.717, 1.165) is 4.47 Å². The number of halogens is 3. The number of allylic oxidation sites excluding steroid dienone is 1. The van der Waals surface area contributed by atoms with Gasteiger partial charge in [0.25, 0.3) is 0 Å². The van der Waals surface area contributed by atoms with Crippen LogP contribution in [0, 0.1) is 0 Å². The summed E-state index contributed by atoms with van der Waals surface area (Å²) in [6.07, 6.45) is 1.32. The zero-order chi connectivity index (χ0) is 24.4. The zero-order valence-electron chi connectivity index (χ0n) is 17.9. The third-order valence-electron chi connectivity index (χ3n) is 6.42. The molecule has 34 heavy (non-hydrogen) atoms. The lowest BCUT2D eigenvalue weighted by Gasteiger charge is -2.44. The van der Waals surface area contributed by atoms with Crippen LogP contribution in [0.3, 0.4) is 0 Å². The lowest BCUT2D eigenvalue weighted by atomic mass is 9.63. The Balaban J connectivity index is 1.93. The number of anilines is 2. The molecular formula is C24H18Br2ClN3O4. The van der Waals surface area contributed by atoms with Crippen molar-refractivity contribution < 1.29 is 19.1 Å². The number of ketones is 1. The van der Waals surface area contributed by atoms with Crippen LogP contribution in [0.4, 0.5) is 11.4 Å². The Morgan fingerprint density at radius 2 is 1.94 bits per heavy atom. The van der Waals surface area contributed by atoms with Gasteiger partial charge in [0.2, 0.25) is 5.91 Å². The van der Waals surface area contributed by atoms with E-state index in [1.54, 1.807) is 23.1 Å². The lowest BCUT2D eigenvalue weighted by Crippen LogP contribution is -2.53. The van der Waals surface area contributed by atoms with E-state index >= 15 is 0 Å². The summed E-state index contributed by atoms with van der Waals surface area (Å²) in [7, 11) is 1.22. The highest BCUT2D eigenvalue weighted by Crippen LogP contribution is 2.56. The summed E-state index contributed by atoms with van der Waals surface area (Å²) in [6, 6.07) is 10.4. The van der Waals surface area contributed by atoms with E-state index in [9.17, 15) is 14.4 Å². The highest BCUT2D eigenvalue weighted by molar-refractivity contribution is 9.11. The van der Waals surface area contributed by atoms with Gasteiger partial charge >= 0.3 is 5.97 Å². The van der Waals surface area contributed by atoms with Gasteiger partial charge in [-0.1, -0.05) is 27.5 Å². The van der Waals surface area contributed by atoms with Crippen molar-refractivity contribution in [1.82, 2.24) is 0 Å². The highest BCUT2D eigenvalue weighted by atomic mass is 79.9. The van der Waals surface area contributed by atoms with Crippen molar-refractivity contribution >= 4 is 72.5 Å². The summed E-state index contributed by atoms with van der Waals surface area (Å²) >= 11 is 13.3. The molecule has 10 heteroatoms. The molecule has 1 unspecified atom stereocenters. The average molecular weight is 608 g/mol. The molecule has 3 aliphatic rings. The van der Waals surface area contributed by atoms with Gasteiger partial charge in [-0.3, -0.25) is 14.5 Å². The number of nitrogens with zero attached hydrogens (tertiary/aromatic N) is 1. The molecule has 1 amide bonds. The van der Waals surface area contributed by atoms with Gasteiger partial charge < -0.3 is 15.8 Å². The number of carbonyl (C=O) groups excluding carboxylic acids is 3. The maximum absolute atomic E-state index is 13.8. The van der Waals surface area contributed by atoms with Gasteiger partial charge in [-0.05, 0) is 65.2 Å². The number of methoxy groups -OCH3 is 1. The van der Waals surface area contributed by atoms with E-state index < -0.39 is 17.3 Å². The number of esters is 1. The number of hydrogen-bond donors (Lipinski definition) is 2. The third-order valence-corrected chi connectivity index (χ3v) is 7.78. The third kappa shape index (κ3) is 3.10. The predicted octanol–water partition coefficient (Wildman–Crippen LogP) is 4.93. The normalized spacial score (nSPS) is 21.6. The molecule has 2 aromatic carbocycles.